The summed E-state index contributed by atoms with van der Waals surface area (Å²) in [6, 6.07) is 2.47. The molecule has 0 radical (unpaired) electrons. The Hall–Kier alpha value is -1.53. The van der Waals surface area contributed by atoms with E-state index in [-0.39, 0.29) is 33.9 Å². The number of carboxylic acids is 1. The lowest BCUT2D eigenvalue weighted by molar-refractivity contribution is -0.383. The Morgan fingerprint density at radius 1 is 1.38 bits per heavy atom. The molecule has 0 bridgehead atoms. The third kappa shape index (κ3) is 5.06. The predicted octanol–water partition coefficient (Wildman–Crippen LogP) is 4.06. The van der Waals surface area contributed by atoms with Crippen LogP contribution < -0.4 is 5.32 Å². The molecule has 1 unspecified atom stereocenters. The van der Waals surface area contributed by atoms with E-state index in [0.717, 1.165) is 6.07 Å². The lowest BCUT2D eigenvalue weighted by Gasteiger charge is -2.16. The van der Waals surface area contributed by atoms with Gasteiger partial charge in [-0.05, 0) is 18.4 Å². The highest BCUT2D eigenvalue weighted by Gasteiger charge is 2.22. The van der Waals surface area contributed by atoms with E-state index < -0.39 is 16.8 Å². The second kappa shape index (κ2) is 7.47. The Labute approximate surface area is 132 Å². The van der Waals surface area contributed by atoms with Gasteiger partial charge in [-0.15, -0.1) is 0 Å². The van der Waals surface area contributed by atoms with Crippen molar-refractivity contribution < 1.29 is 14.8 Å². The van der Waals surface area contributed by atoms with Gasteiger partial charge < -0.3 is 10.4 Å². The topological polar surface area (TPSA) is 92.5 Å². The summed E-state index contributed by atoms with van der Waals surface area (Å²) in [7, 11) is 0. The zero-order valence-corrected chi connectivity index (χ0v) is 13.1. The molecule has 1 atom stereocenters. The molecule has 1 aromatic carbocycles. The molecule has 0 saturated heterocycles. The van der Waals surface area contributed by atoms with E-state index in [9.17, 15) is 14.9 Å². The molecular formula is C13H16Cl2N2O4. The maximum atomic E-state index is 11.2. The van der Waals surface area contributed by atoms with Crippen LogP contribution >= 0.6 is 23.2 Å². The SMILES string of the molecule is CC(C)CC(CNc1cc(Cl)c(Cl)cc1[N+](=O)[O-])C(=O)O. The first kappa shape index (κ1) is 17.5. The number of hydrogen-bond donors (Lipinski definition) is 2. The summed E-state index contributed by atoms with van der Waals surface area (Å²) in [5.41, 5.74) is -0.0810. The third-order valence-corrected chi connectivity index (χ3v) is 3.60. The molecule has 8 heteroatoms. The molecule has 0 heterocycles. The Morgan fingerprint density at radius 2 is 1.95 bits per heavy atom. The van der Waals surface area contributed by atoms with Crippen LogP contribution in [0.3, 0.4) is 0 Å². The van der Waals surface area contributed by atoms with Crippen LogP contribution in [0.1, 0.15) is 20.3 Å². The molecule has 0 amide bonds. The van der Waals surface area contributed by atoms with Crippen LogP contribution in [0, 0.1) is 22.0 Å². The normalized spacial score (nSPS) is 12.2. The van der Waals surface area contributed by atoms with Crippen molar-refractivity contribution in [2.45, 2.75) is 20.3 Å². The fraction of sp³-hybridized carbons (Fsp3) is 0.462. The van der Waals surface area contributed by atoms with Gasteiger partial charge in [0, 0.05) is 12.6 Å². The zero-order valence-electron chi connectivity index (χ0n) is 11.6. The summed E-state index contributed by atoms with van der Waals surface area (Å²) in [4.78, 5) is 21.6. The fourth-order valence-electron chi connectivity index (χ4n) is 1.90. The van der Waals surface area contributed by atoms with Crippen LogP contribution in [0.2, 0.25) is 10.0 Å². The van der Waals surface area contributed by atoms with Crippen LogP contribution in [0.4, 0.5) is 11.4 Å². The van der Waals surface area contributed by atoms with Crippen LogP contribution in [-0.4, -0.2) is 22.5 Å². The van der Waals surface area contributed by atoms with E-state index >= 15 is 0 Å². The number of nitrogens with zero attached hydrogens (tertiary/aromatic N) is 1. The molecule has 1 rings (SSSR count). The van der Waals surface area contributed by atoms with Crippen molar-refractivity contribution in [1.29, 1.82) is 0 Å². The van der Waals surface area contributed by atoms with Gasteiger partial charge in [0.05, 0.1) is 20.9 Å². The van der Waals surface area contributed by atoms with Gasteiger partial charge in [0.2, 0.25) is 0 Å². The quantitative estimate of drug-likeness (QED) is 0.579. The zero-order chi connectivity index (χ0) is 16.2. The Morgan fingerprint density at radius 3 is 2.43 bits per heavy atom. The number of carbonyl (C=O) groups is 1. The number of aliphatic carboxylic acids is 1. The highest BCUT2D eigenvalue weighted by molar-refractivity contribution is 6.42. The fourth-order valence-corrected chi connectivity index (χ4v) is 2.22. The molecule has 2 N–H and O–H groups in total. The van der Waals surface area contributed by atoms with Gasteiger partial charge in [0.15, 0.2) is 0 Å². The summed E-state index contributed by atoms with van der Waals surface area (Å²) in [5.74, 6) is -1.38. The molecule has 0 saturated carbocycles. The highest BCUT2D eigenvalue weighted by Crippen LogP contribution is 2.34. The lowest BCUT2D eigenvalue weighted by Crippen LogP contribution is -2.24. The lowest BCUT2D eigenvalue weighted by atomic mass is 9.97. The van der Waals surface area contributed by atoms with Crippen LogP contribution in [0.5, 0.6) is 0 Å². The molecule has 1 aromatic rings. The molecule has 0 spiro atoms. The maximum Gasteiger partial charge on any atom is 0.308 e. The second-order valence-electron chi connectivity index (χ2n) is 5.09. The summed E-state index contributed by atoms with van der Waals surface area (Å²) in [6.07, 6.45) is 0.470. The minimum atomic E-state index is -0.945. The first-order valence-electron chi connectivity index (χ1n) is 6.32. The number of nitro groups is 1. The number of carboxylic acid groups (broad SMARTS) is 1. The third-order valence-electron chi connectivity index (χ3n) is 2.88. The maximum absolute atomic E-state index is 11.2. The number of nitrogens with one attached hydrogen (secondary N) is 1. The average Bonchev–Trinajstić information content (AvgIpc) is 2.36. The minimum Gasteiger partial charge on any atom is -0.481 e. The van der Waals surface area contributed by atoms with Gasteiger partial charge in [-0.1, -0.05) is 37.0 Å². The number of halogens is 2. The van der Waals surface area contributed by atoms with E-state index in [1.165, 1.54) is 6.07 Å². The molecule has 0 aliphatic rings. The van der Waals surface area contributed by atoms with Crippen molar-refractivity contribution >= 4 is 40.5 Å². The number of hydrogen-bond acceptors (Lipinski definition) is 4. The van der Waals surface area contributed by atoms with Crippen LogP contribution in [-0.2, 0) is 4.79 Å². The van der Waals surface area contributed by atoms with Crippen molar-refractivity contribution in [2.24, 2.45) is 11.8 Å². The van der Waals surface area contributed by atoms with Gasteiger partial charge in [-0.25, -0.2) is 0 Å². The molecule has 0 aliphatic heterocycles. The second-order valence-corrected chi connectivity index (χ2v) is 5.90. The molecule has 0 aliphatic carbocycles. The van der Waals surface area contributed by atoms with Gasteiger partial charge >= 0.3 is 5.97 Å². The molecule has 0 fully saturated rings. The van der Waals surface area contributed by atoms with Gasteiger partial charge in [-0.3, -0.25) is 14.9 Å². The predicted molar refractivity (Wildman–Crippen MR) is 82.2 cm³/mol. The Bertz CT molecular complexity index is 549. The molecule has 0 aromatic heterocycles. The largest absolute Gasteiger partial charge is 0.481 e. The van der Waals surface area contributed by atoms with Crippen molar-refractivity contribution in [1.82, 2.24) is 0 Å². The van der Waals surface area contributed by atoms with E-state index in [1.807, 2.05) is 13.8 Å². The number of nitro benzene ring substituents is 1. The van der Waals surface area contributed by atoms with Crippen LogP contribution in [0.25, 0.3) is 0 Å². The summed E-state index contributed by atoms with van der Waals surface area (Å²) >= 11 is 11.6. The Balaban J connectivity index is 2.93. The minimum absolute atomic E-state index is 0.0749. The summed E-state index contributed by atoms with van der Waals surface area (Å²) < 4.78 is 0. The average molecular weight is 335 g/mol. The van der Waals surface area contributed by atoms with Gasteiger partial charge in [-0.2, -0.15) is 0 Å². The van der Waals surface area contributed by atoms with E-state index in [0.29, 0.717) is 6.42 Å². The first-order valence-corrected chi connectivity index (χ1v) is 7.08. The number of anilines is 1. The summed E-state index contributed by atoms with van der Waals surface area (Å²) in [5, 5.41) is 23.2. The number of benzene rings is 1. The van der Waals surface area contributed by atoms with Crippen molar-refractivity contribution in [2.75, 3.05) is 11.9 Å². The molecule has 6 nitrogen and oxygen atoms in total. The van der Waals surface area contributed by atoms with Crippen molar-refractivity contribution in [3.05, 3.63) is 32.3 Å². The molecule has 21 heavy (non-hydrogen) atoms. The highest BCUT2D eigenvalue weighted by atomic mass is 35.5. The Kier molecular flexibility index (Phi) is 6.23. The molecule has 116 valence electrons. The van der Waals surface area contributed by atoms with E-state index in [2.05, 4.69) is 5.32 Å². The standard InChI is InChI=1S/C13H16Cl2N2O4/c1-7(2)3-8(13(18)19)6-16-11-4-9(14)10(15)5-12(11)17(20)21/h4-5,7-8,16H,3,6H2,1-2H3,(H,18,19). The smallest absolute Gasteiger partial charge is 0.308 e. The van der Waals surface area contributed by atoms with E-state index in [1.54, 1.807) is 0 Å². The number of rotatable bonds is 7. The van der Waals surface area contributed by atoms with E-state index in [4.69, 9.17) is 28.3 Å². The van der Waals surface area contributed by atoms with Gasteiger partial charge in [0.25, 0.3) is 5.69 Å². The van der Waals surface area contributed by atoms with Crippen molar-refractivity contribution in [3.63, 3.8) is 0 Å². The summed E-state index contributed by atoms with van der Waals surface area (Å²) in [6.45, 7) is 3.90. The van der Waals surface area contributed by atoms with Crippen molar-refractivity contribution in [3.8, 4) is 0 Å². The van der Waals surface area contributed by atoms with Gasteiger partial charge in [0.1, 0.15) is 5.69 Å². The molecular weight excluding hydrogens is 319 g/mol. The first-order chi connectivity index (χ1) is 9.72. The monoisotopic (exact) mass is 334 g/mol. The van der Waals surface area contributed by atoms with Crippen LogP contribution in [0.15, 0.2) is 12.1 Å².